The first-order valence-corrected chi connectivity index (χ1v) is 9.83. The number of anilines is 1. The Bertz CT molecular complexity index is 964. The van der Waals surface area contributed by atoms with Gasteiger partial charge in [0.05, 0.1) is 25.3 Å². The number of rotatable bonds is 4. The van der Waals surface area contributed by atoms with E-state index in [1.807, 2.05) is 20.0 Å². The molecule has 0 radical (unpaired) electrons. The molecule has 2 aromatic rings. The Morgan fingerprint density at radius 3 is 2.68 bits per heavy atom. The van der Waals surface area contributed by atoms with Crippen molar-refractivity contribution in [3.8, 4) is 0 Å². The zero-order valence-corrected chi connectivity index (χ0v) is 16.2. The largest absolute Gasteiger partial charge is 0.371 e. The van der Waals surface area contributed by atoms with Gasteiger partial charge in [-0.15, -0.1) is 0 Å². The van der Waals surface area contributed by atoms with Crippen LogP contribution in [0, 0.1) is 6.92 Å². The zero-order chi connectivity index (χ0) is 19.5. The van der Waals surface area contributed by atoms with E-state index in [-0.39, 0.29) is 17.4 Å². The molecule has 5 rings (SSSR count). The van der Waals surface area contributed by atoms with Crippen molar-refractivity contribution in [3.05, 3.63) is 46.9 Å². The minimum absolute atomic E-state index is 0.0501. The topological polar surface area (TPSA) is 76.5 Å². The summed E-state index contributed by atoms with van der Waals surface area (Å²) in [5, 5.41) is 2.85. The third-order valence-electron chi connectivity index (χ3n) is 6.27. The molecule has 0 aromatic carbocycles. The molecule has 1 spiro atoms. The fourth-order valence-electron chi connectivity index (χ4n) is 4.16. The van der Waals surface area contributed by atoms with Crippen LogP contribution in [0.15, 0.2) is 24.4 Å². The molecular weight excluding hydrogens is 356 g/mol. The molecule has 3 fully saturated rings. The Kier molecular flexibility index (Phi) is 3.84. The van der Waals surface area contributed by atoms with Crippen LogP contribution in [0.1, 0.15) is 57.3 Å². The fourth-order valence-corrected chi connectivity index (χ4v) is 4.16. The van der Waals surface area contributed by atoms with Crippen molar-refractivity contribution in [2.75, 3.05) is 25.0 Å². The highest BCUT2D eigenvalue weighted by molar-refractivity contribution is 6.05. The van der Waals surface area contributed by atoms with Crippen LogP contribution in [0.25, 0.3) is 0 Å². The molecule has 0 bridgehead atoms. The molecule has 4 heterocycles. The van der Waals surface area contributed by atoms with E-state index in [0.717, 1.165) is 18.7 Å². The number of carbonyl (C=O) groups is 2. The Hall–Kier alpha value is -2.67. The molecule has 1 saturated carbocycles. The summed E-state index contributed by atoms with van der Waals surface area (Å²) in [5.41, 5.74) is 3.25. The van der Waals surface area contributed by atoms with Gasteiger partial charge >= 0.3 is 0 Å². The van der Waals surface area contributed by atoms with Crippen molar-refractivity contribution >= 4 is 17.6 Å². The first-order valence-electron chi connectivity index (χ1n) is 9.83. The lowest BCUT2D eigenvalue weighted by molar-refractivity contribution is -0.209. The van der Waals surface area contributed by atoms with Crippen LogP contribution in [-0.2, 0) is 11.8 Å². The SMILES string of the molecule is Cc1c(C(=O)Nc2cc(C(=O)N3CC4(CCO4)C3)ccn2)cc(C2CC2)n1C. The number of likely N-dealkylation sites (tertiary alicyclic amines) is 1. The van der Waals surface area contributed by atoms with Crippen molar-refractivity contribution in [2.24, 2.45) is 7.05 Å². The molecule has 2 aliphatic heterocycles. The number of ether oxygens (including phenoxy) is 1. The average Bonchev–Trinajstić information content (AvgIpc) is 3.40. The van der Waals surface area contributed by atoms with E-state index in [4.69, 9.17) is 4.74 Å². The fraction of sp³-hybridized carbons (Fsp3) is 0.476. The maximum Gasteiger partial charge on any atom is 0.258 e. The lowest BCUT2D eigenvalue weighted by Gasteiger charge is -2.55. The summed E-state index contributed by atoms with van der Waals surface area (Å²) in [4.78, 5) is 31.5. The van der Waals surface area contributed by atoms with E-state index in [2.05, 4.69) is 14.9 Å². The highest BCUT2D eigenvalue weighted by atomic mass is 16.5. The van der Waals surface area contributed by atoms with Gasteiger partial charge in [-0.25, -0.2) is 4.98 Å². The van der Waals surface area contributed by atoms with Gasteiger partial charge in [0.25, 0.3) is 11.8 Å². The number of nitrogens with zero attached hydrogens (tertiary/aromatic N) is 3. The molecule has 0 atom stereocenters. The number of hydrogen-bond acceptors (Lipinski definition) is 4. The van der Waals surface area contributed by atoms with Gasteiger partial charge in [-0.05, 0) is 43.9 Å². The smallest absolute Gasteiger partial charge is 0.258 e. The number of pyridine rings is 1. The summed E-state index contributed by atoms with van der Waals surface area (Å²) in [6, 6.07) is 5.31. The van der Waals surface area contributed by atoms with E-state index in [9.17, 15) is 9.59 Å². The predicted molar refractivity (Wildman–Crippen MR) is 104 cm³/mol. The third-order valence-corrected chi connectivity index (χ3v) is 6.27. The summed E-state index contributed by atoms with van der Waals surface area (Å²) in [6.45, 7) is 4.03. The van der Waals surface area contributed by atoms with Crippen LogP contribution < -0.4 is 5.32 Å². The summed E-state index contributed by atoms with van der Waals surface area (Å²) in [7, 11) is 2.00. The molecule has 2 aromatic heterocycles. The van der Waals surface area contributed by atoms with Crippen LogP contribution in [-0.4, -0.2) is 51.6 Å². The van der Waals surface area contributed by atoms with E-state index < -0.39 is 0 Å². The van der Waals surface area contributed by atoms with Gasteiger partial charge in [0.2, 0.25) is 0 Å². The molecule has 2 saturated heterocycles. The second-order valence-corrected chi connectivity index (χ2v) is 8.23. The first kappa shape index (κ1) is 17.4. The first-order chi connectivity index (χ1) is 13.5. The quantitative estimate of drug-likeness (QED) is 0.884. The molecule has 3 aliphatic rings. The Balaban J connectivity index is 1.29. The van der Waals surface area contributed by atoms with Crippen LogP contribution in [0.2, 0.25) is 0 Å². The molecule has 7 nitrogen and oxygen atoms in total. The van der Waals surface area contributed by atoms with Gasteiger partial charge in [-0.1, -0.05) is 0 Å². The molecule has 2 amide bonds. The second kappa shape index (κ2) is 6.17. The zero-order valence-electron chi connectivity index (χ0n) is 16.2. The molecule has 146 valence electrons. The standard InChI is InChI=1S/C21H24N4O3/c1-13-16(10-17(24(13)2)14-3-4-14)19(26)23-18-9-15(5-7-22-18)20(27)25-11-21(12-25)6-8-28-21/h5,7,9-10,14H,3-4,6,8,11-12H2,1-2H3,(H,22,23,26). The van der Waals surface area contributed by atoms with Crippen LogP contribution >= 0.6 is 0 Å². The minimum Gasteiger partial charge on any atom is -0.371 e. The van der Waals surface area contributed by atoms with E-state index >= 15 is 0 Å². The number of hydrogen-bond donors (Lipinski definition) is 1. The van der Waals surface area contributed by atoms with E-state index in [0.29, 0.717) is 36.0 Å². The summed E-state index contributed by atoms with van der Waals surface area (Å²) in [6.07, 6.45) is 4.96. The number of amides is 2. The van der Waals surface area contributed by atoms with Gasteiger partial charge in [0, 0.05) is 36.6 Å². The summed E-state index contributed by atoms with van der Waals surface area (Å²) in [5.74, 6) is 0.722. The van der Waals surface area contributed by atoms with Crippen molar-refractivity contribution in [1.29, 1.82) is 0 Å². The van der Waals surface area contributed by atoms with Gasteiger partial charge in [-0.2, -0.15) is 0 Å². The van der Waals surface area contributed by atoms with Crippen molar-refractivity contribution in [3.63, 3.8) is 0 Å². The number of nitrogens with one attached hydrogen (secondary N) is 1. The summed E-state index contributed by atoms with van der Waals surface area (Å²) >= 11 is 0. The lowest BCUT2D eigenvalue weighted by Crippen LogP contribution is -2.69. The second-order valence-electron chi connectivity index (χ2n) is 8.23. The van der Waals surface area contributed by atoms with Crippen molar-refractivity contribution < 1.29 is 14.3 Å². The molecule has 7 heteroatoms. The normalized spacial score (nSPS) is 19.9. The molecule has 28 heavy (non-hydrogen) atoms. The highest BCUT2D eigenvalue weighted by Crippen LogP contribution is 2.41. The molecule has 1 aliphatic carbocycles. The summed E-state index contributed by atoms with van der Waals surface area (Å²) < 4.78 is 7.67. The maximum absolute atomic E-state index is 12.8. The van der Waals surface area contributed by atoms with Crippen LogP contribution in [0.3, 0.4) is 0 Å². The van der Waals surface area contributed by atoms with Gasteiger partial charge < -0.3 is 19.5 Å². The van der Waals surface area contributed by atoms with Crippen LogP contribution in [0.4, 0.5) is 5.82 Å². The molecular formula is C21H24N4O3. The number of aromatic nitrogens is 2. The van der Waals surface area contributed by atoms with E-state index in [1.54, 1.807) is 23.2 Å². The van der Waals surface area contributed by atoms with Gasteiger partial charge in [-0.3, -0.25) is 9.59 Å². The minimum atomic E-state index is -0.192. The Morgan fingerprint density at radius 2 is 2.04 bits per heavy atom. The molecule has 0 unspecified atom stereocenters. The predicted octanol–water partition coefficient (Wildman–Crippen LogP) is 2.47. The molecule has 1 N–H and O–H groups in total. The Labute approximate surface area is 163 Å². The lowest BCUT2D eigenvalue weighted by atomic mass is 9.86. The third kappa shape index (κ3) is 2.81. The van der Waals surface area contributed by atoms with Gasteiger partial charge in [0.1, 0.15) is 11.4 Å². The monoisotopic (exact) mass is 380 g/mol. The van der Waals surface area contributed by atoms with Crippen molar-refractivity contribution in [1.82, 2.24) is 14.5 Å². The highest BCUT2D eigenvalue weighted by Gasteiger charge is 2.50. The maximum atomic E-state index is 12.8. The van der Waals surface area contributed by atoms with Crippen molar-refractivity contribution in [2.45, 2.75) is 37.7 Å². The van der Waals surface area contributed by atoms with Gasteiger partial charge in [0.15, 0.2) is 0 Å². The average molecular weight is 380 g/mol. The van der Waals surface area contributed by atoms with Crippen LogP contribution in [0.5, 0.6) is 0 Å². The Morgan fingerprint density at radius 1 is 1.29 bits per heavy atom. The number of carbonyl (C=O) groups excluding carboxylic acids is 2. The van der Waals surface area contributed by atoms with E-state index in [1.165, 1.54) is 18.5 Å².